The second-order valence-electron chi connectivity index (χ2n) is 10.0. The number of carbonyl (C=O) groups excluding carboxylic acids is 2. The topological polar surface area (TPSA) is 58.6 Å². The number of carbonyl (C=O) groups is 2. The van der Waals surface area contributed by atoms with E-state index in [0.717, 1.165) is 42.4 Å². The lowest BCUT2D eigenvalue weighted by atomic mass is 9.94. The average molecular weight is 588 g/mol. The van der Waals surface area contributed by atoms with Crippen molar-refractivity contribution in [3.63, 3.8) is 0 Å². The Hall–Kier alpha value is -2.73. The molecule has 1 atom stereocenters. The summed E-state index contributed by atoms with van der Waals surface area (Å²) in [6.07, 6.45) is 5.63. The van der Waals surface area contributed by atoms with Crippen LogP contribution in [0.4, 0.5) is 0 Å². The van der Waals surface area contributed by atoms with E-state index in [2.05, 4.69) is 5.32 Å². The first kappa shape index (κ1) is 29.3. The van der Waals surface area contributed by atoms with Crippen molar-refractivity contribution >= 4 is 46.6 Å². The number of benzene rings is 3. The van der Waals surface area contributed by atoms with Gasteiger partial charge in [0, 0.05) is 24.0 Å². The van der Waals surface area contributed by atoms with Crippen LogP contribution in [0.5, 0.6) is 5.75 Å². The SMILES string of the molecule is Cc1cc(OCC(=O)N(Cc2ccc(Cl)c(Cl)c2)C(Cc2ccccc2)C(=O)NC2CCCCC2)ccc1Cl. The normalized spacial score (nSPS) is 14.5. The summed E-state index contributed by atoms with van der Waals surface area (Å²) in [5.41, 5.74) is 2.58. The minimum atomic E-state index is -0.744. The van der Waals surface area contributed by atoms with Gasteiger partial charge in [-0.15, -0.1) is 0 Å². The van der Waals surface area contributed by atoms with Crippen molar-refractivity contribution in [2.75, 3.05) is 6.61 Å². The van der Waals surface area contributed by atoms with E-state index in [4.69, 9.17) is 39.5 Å². The third-order valence-corrected chi connectivity index (χ3v) is 8.21. The number of rotatable bonds is 10. The van der Waals surface area contributed by atoms with Crippen LogP contribution in [-0.2, 0) is 22.6 Å². The van der Waals surface area contributed by atoms with Crippen molar-refractivity contribution in [2.45, 2.75) is 64.1 Å². The Morgan fingerprint density at radius 2 is 1.62 bits per heavy atom. The number of aryl methyl sites for hydroxylation is 1. The molecule has 0 radical (unpaired) electrons. The van der Waals surface area contributed by atoms with E-state index in [1.165, 1.54) is 6.42 Å². The van der Waals surface area contributed by atoms with Crippen LogP contribution in [0.15, 0.2) is 66.7 Å². The van der Waals surface area contributed by atoms with Gasteiger partial charge >= 0.3 is 0 Å². The molecule has 0 spiro atoms. The van der Waals surface area contributed by atoms with Gasteiger partial charge in [-0.2, -0.15) is 0 Å². The number of hydrogen-bond acceptors (Lipinski definition) is 3. The van der Waals surface area contributed by atoms with E-state index < -0.39 is 6.04 Å². The van der Waals surface area contributed by atoms with Gasteiger partial charge in [-0.3, -0.25) is 9.59 Å². The Balaban J connectivity index is 1.63. The Bertz CT molecular complexity index is 1280. The molecule has 1 saturated carbocycles. The number of nitrogens with one attached hydrogen (secondary N) is 1. The first-order chi connectivity index (χ1) is 18.8. The van der Waals surface area contributed by atoms with Crippen molar-refractivity contribution in [1.82, 2.24) is 10.2 Å². The molecule has 0 aromatic heterocycles. The minimum absolute atomic E-state index is 0.111. The van der Waals surface area contributed by atoms with Gasteiger partial charge in [0.05, 0.1) is 10.0 Å². The maximum Gasteiger partial charge on any atom is 0.261 e. The highest BCUT2D eigenvalue weighted by Crippen LogP contribution is 2.26. The molecule has 5 nitrogen and oxygen atoms in total. The van der Waals surface area contributed by atoms with Crippen LogP contribution in [0.2, 0.25) is 15.1 Å². The molecule has 1 aliphatic carbocycles. The fourth-order valence-electron chi connectivity index (χ4n) is 4.87. The second kappa shape index (κ2) is 14.1. The van der Waals surface area contributed by atoms with Gasteiger partial charge in [0.2, 0.25) is 5.91 Å². The predicted octanol–water partition coefficient (Wildman–Crippen LogP) is 7.42. The third-order valence-electron chi connectivity index (χ3n) is 7.05. The van der Waals surface area contributed by atoms with Crippen LogP contribution < -0.4 is 10.1 Å². The predicted molar refractivity (Wildman–Crippen MR) is 158 cm³/mol. The molecule has 1 N–H and O–H groups in total. The van der Waals surface area contributed by atoms with E-state index >= 15 is 0 Å². The summed E-state index contributed by atoms with van der Waals surface area (Å²) in [5, 5.41) is 4.67. The van der Waals surface area contributed by atoms with Crippen LogP contribution in [-0.4, -0.2) is 35.4 Å². The first-order valence-electron chi connectivity index (χ1n) is 13.3. The van der Waals surface area contributed by atoms with Gasteiger partial charge in [-0.1, -0.05) is 90.5 Å². The molecule has 3 aromatic carbocycles. The van der Waals surface area contributed by atoms with Crippen molar-refractivity contribution < 1.29 is 14.3 Å². The lowest BCUT2D eigenvalue weighted by Gasteiger charge is -2.33. The monoisotopic (exact) mass is 586 g/mol. The zero-order valence-corrected chi connectivity index (χ0v) is 24.2. The number of halogens is 3. The molecule has 8 heteroatoms. The number of nitrogens with zero attached hydrogens (tertiary/aromatic N) is 1. The lowest BCUT2D eigenvalue weighted by Crippen LogP contribution is -2.53. The van der Waals surface area contributed by atoms with Gasteiger partial charge in [-0.05, 0) is 66.8 Å². The summed E-state index contributed by atoms with van der Waals surface area (Å²) in [5.74, 6) is 0.0564. The van der Waals surface area contributed by atoms with Gasteiger partial charge in [-0.25, -0.2) is 0 Å². The van der Waals surface area contributed by atoms with Gasteiger partial charge in [0.15, 0.2) is 6.61 Å². The highest BCUT2D eigenvalue weighted by atomic mass is 35.5. The number of hydrogen-bond donors (Lipinski definition) is 1. The van der Waals surface area contributed by atoms with Crippen LogP contribution in [0.1, 0.15) is 48.8 Å². The molecule has 1 aliphatic rings. The smallest absolute Gasteiger partial charge is 0.261 e. The maximum atomic E-state index is 13.8. The summed E-state index contributed by atoms with van der Waals surface area (Å²) in [7, 11) is 0. The summed E-state index contributed by atoms with van der Waals surface area (Å²) in [6.45, 7) is 1.82. The van der Waals surface area contributed by atoms with Crippen molar-refractivity contribution in [3.05, 3.63) is 98.5 Å². The molecule has 0 aliphatic heterocycles. The molecule has 39 heavy (non-hydrogen) atoms. The fourth-order valence-corrected chi connectivity index (χ4v) is 5.31. The summed E-state index contributed by atoms with van der Waals surface area (Å²) >= 11 is 18.6. The zero-order chi connectivity index (χ0) is 27.8. The quantitative estimate of drug-likeness (QED) is 0.268. The molecule has 0 saturated heterocycles. The number of ether oxygens (including phenoxy) is 1. The standard InChI is InChI=1S/C31H33Cl3N2O3/c1-21-16-25(13-15-26(21)32)39-20-30(37)36(19-23-12-14-27(33)28(34)17-23)29(18-22-8-4-2-5-9-22)31(38)35-24-10-6-3-7-11-24/h2,4-5,8-9,12-17,24,29H,3,6-7,10-11,18-20H2,1H3,(H,35,38). The van der Waals surface area contributed by atoms with E-state index in [1.807, 2.05) is 43.3 Å². The molecule has 1 fully saturated rings. The molecule has 0 heterocycles. The van der Waals surface area contributed by atoms with Gasteiger partial charge in [0.1, 0.15) is 11.8 Å². The highest BCUT2D eigenvalue weighted by molar-refractivity contribution is 6.42. The van der Waals surface area contributed by atoms with Crippen molar-refractivity contribution in [3.8, 4) is 5.75 Å². The van der Waals surface area contributed by atoms with Crippen LogP contribution >= 0.6 is 34.8 Å². The highest BCUT2D eigenvalue weighted by Gasteiger charge is 2.32. The van der Waals surface area contributed by atoms with E-state index in [9.17, 15) is 9.59 Å². The summed E-state index contributed by atoms with van der Waals surface area (Å²) < 4.78 is 5.87. The largest absolute Gasteiger partial charge is 0.484 e. The van der Waals surface area contributed by atoms with E-state index in [0.29, 0.717) is 27.2 Å². The van der Waals surface area contributed by atoms with E-state index in [-0.39, 0.29) is 31.0 Å². The van der Waals surface area contributed by atoms with Gasteiger partial charge < -0.3 is 15.0 Å². The Morgan fingerprint density at radius 3 is 2.31 bits per heavy atom. The van der Waals surface area contributed by atoms with Crippen LogP contribution in [0, 0.1) is 6.92 Å². The molecule has 2 amide bonds. The zero-order valence-electron chi connectivity index (χ0n) is 22.0. The molecule has 0 bridgehead atoms. The van der Waals surface area contributed by atoms with Crippen molar-refractivity contribution in [2.24, 2.45) is 0 Å². The van der Waals surface area contributed by atoms with Crippen LogP contribution in [0.3, 0.4) is 0 Å². The molecule has 3 aromatic rings. The fraction of sp³-hybridized carbons (Fsp3) is 0.355. The maximum absolute atomic E-state index is 13.8. The molecule has 4 rings (SSSR count). The summed E-state index contributed by atoms with van der Waals surface area (Å²) in [4.78, 5) is 29.2. The van der Waals surface area contributed by atoms with E-state index in [1.54, 1.807) is 35.2 Å². The molecule has 206 valence electrons. The molecular formula is C31H33Cl3N2O3. The Kier molecular flexibility index (Phi) is 10.6. The second-order valence-corrected chi connectivity index (χ2v) is 11.2. The third kappa shape index (κ3) is 8.38. The first-order valence-corrected chi connectivity index (χ1v) is 14.4. The average Bonchev–Trinajstić information content (AvgIpc) is 2.94. The minimum Gasteiger partial charge on any atom is -0.484 e. The molecule has 1 unspecified atom stereocenters. The van der Waals surface area contributed by atoms with Gasteiger partial charge in [0.25, 0.3) is 5.91 Å². The van der Waals surface area contributed by atoms with Crippen molar-refractivity contribution in [1.29, 1.82) is 0 Å². The summed E-state index contributed by atoms with van der Waals surface area (Å²) in [6, 6.07) is 19.6. The lowest BCUT2D eigenvalue weighted by molar-refractivity contribution is -0.143. The Morgan fingerprint density at radius 1 is 0.897 bits per heavy atom. The van der Waals surface area contributed by atoms with Crippen LogP contribution in [0.25, 0.3) is 0 Å². The Labute approximate surface area is 245 Å². The number of amides is 2. The molecular weight excluding hydrogens is 555 g/mol.